The zero-order valence-corrected chi connectivity index (χ0v) is 20.6. The van der Waals surface area contributed by atoms with Crippen molar-refractivity contribution >= 4 is 44.1 Å². The van der Waals surface area contributed by atoms with Crippen LogP contribution in [0.1, 0.15) is 26.7 Å². The first-order valence-corrected chi connectivity index (χ1v) is 13.4. The van der Waals surface area contributed by atoms with Gasteiger partial charge in [0.25, 0.3) is 5.91 Å². The number of carbonyl (C=O) groups is 1. The van der Waals surface area contributed by atoms with E-state index >= 15 is 0 Å². The van der Waals surface area contributed by atoms with Gasteiger partial charge in [-0.25, -0.2) is 18.1 Å². The van der Waals surface area contributed by atoms with Crippen LogP contribution in [-0.2, 0) is 14.8 Å². The van der Waals surface area contributed by atoms with Crippen LogP contribution in [0.25, 0.3) is 0 Å². The Kier molecular flexibility index (Phi) is 8.65. The highest BCUT2D eigenvalue weighted by molar-refractivity contribution is 8.13. The van der Waals surface area contributed by atoms with Crippen LogP contribution in [0, 0.1) is 0 Å². The lowest BCUT2D eigenvalue weighted by Crippen LogP contribution is -2.44. The number of carbonyl (C=O) groups excluding carboxylic acids is 1. The lowest BCUT2D eigenvalue weighted by molar-refractivity contribution is -0.112. The fourth-order valence-electron chi connectivity index (χ4n) is 3.60. The van der Waals surface area contributed by atoms with Crippen LogP contribution in [0.3, 0.4) is 0 Å². The van der Waals surface area contributed by atoms with Gasteiger partial charge in [-0.05, 0) is 51.0 Å². The molecule has 0 atom stereocenters. The second-order valence-corrected chi connectivity index (χ2v) is 10.8. The van der Waals surface area contributed by atoms with E-state index in [1.54, 1.807) is 25.4 Å². The summed E-state index contributed by atoms with van der Waals surface area (Å²) in [6.45, 7) is 5.03. The van der Waals surface area contributed by atoms with Gasteiger partial charge in [-0.3, -0.25) is 9.78 Å². The zero-order chi connectivity index (χ0) is 23.8. The summed E-state index contributed by atoms with van der Waals surface area (Å²) < 4.78 is 25.7. The summed E-state index contributed by atoms with van der Waals surface area (Å²) >= 11 is 1.47. The van der Waals surface area contributed by atoms with Gasteiger partial charge in [0.15, 0.2) is 0 Å². The molecular weight excluding hydrogens is 458 g/mol. The summed E-state index contributed by atoms with van der Waals surface area (Å²) in [5, 5.41) is 3.74. The van der Waals surface area contributed by atoms with E-state index in [0.29, 0.717) is 37.3 Å². The molecule has 8 nitrogen and oxygen atoms in total. The SMILES string of the molecule is C/C=C(\N=C(/C)Sc1ccncc1)C(=O)Nc1ccccc1N1CCC(NS(C)(=O)=O)CC1. The largest absolute Gasteiger partial charge is 0.370 e. The summed E-state index contributed by atoms with van der Waals surface area (Å²) in [5.74, 6) is -0.284. The van der Waals surface area contributed by atoms with Crippen molar-refractivity contribution in [2.75, 3.05) is 29.6 Å². The fraction of sp³-hybridized carbons (Fsp3) is 0.348. The van der Waals surface area contributed by atoms with E-state index in [9.17, 15) is 13.2 Å². The molecule has 33 heavy (non-hydrogen) atoms. The topological polar surface area (TPSA) is 104 Å². The first-order valence-electron chi connectivity index (χ1n) is 10.7. The number of para-hydroxylation sites is 2. The lowest BCUT2D eigenvalue weighted by Gasteiger charge is -2.34. The van der Waals surface area contributed by atoms with E-state index in [2.05, 4.69) is 24.9 Å². The quantitative estimate of drug-likeness (QED) is 0.267. The van der Waals surface area contributed by atoms with Crippen molar-refractivity contribution in [2.24, 2.45) is 4.99 Å². The Morgan fingerprint density at radius 1 is 1.18 bits per heavy atom. The van der Waals surface area contributed by atoms with Gasteiger partial charge in [-0.15, -0.1) is 0 Å². The van der Waals surface area contributed by atoms with E-state index < -0.39 is 10.0 Å². The molecule has 1 aliphatic rings. The molecule has 0 saturated carbocycles. The number of thioether (sulfide) groups is 1. The van der Waals surface area contributed by atoms with Crippen LogP contribution in [-0.4, -0.2) is 49.7 Å². The number of piperidine rings is 1. The standard InChI is InChI=1S/C23H29N5O3S2/c1-4-20(25-17(2)32-19-9-13-24-14-10-19)23(29)26-21-7-5-6-8-22(21)28-15-11-18(12-16-28)27-33(3,30)31/h4-10,13-14,18,27H,11-12,15-16H2,1-3H3,(H,26,29)/b20-4-,25-17+. The smallest absolute Gasteiger partial charge is 0.273 e. The number of aromatic nitrogens is 1. The monoisotopic (exact) mass is 487 g/mol. The van der Waals surface area contributed by atoms with E-state index in [0.717, 1.165) is 15.6 Å². The summed E-state index contributed by atoms with van der Waals surface area (Å²) in [7, 11) is -3.22. The Morgan fingerprint density at radius 3 is 2.48 bits per heavy atom. The van der Waals surface area contributed by atoms with Gasteiger partial charge in [0, 0.05) is 36.4 Å². The first-order chi connectivity index (χ1) is 15.7. The normalized spacial score (nSPS) is 16.0. The average molecular weight is 488 g/mol. The lowest BCUT2D eigenvalue weighted by atomic mass is 10.0. The number of hydrogen-bond acceptors (Lipinski definition) is 7. The maximum absolute atomic E-state index is 13.0. The summed E-state index contributed by atoms with van der Waals surface area (Å²) in [4.78, 5) is 24.7. The Balaban J connectivity index is 1.67. The number of nitrogens with zero attached hydrogens (tertiary/aromatic N) is 3. The molecule has 2 aromatic rings. The zero-order valence-electron chi connectivity index (χ0n) is 19.0. The highest BCUT2D eigenvalue weighted by atomic mass is 32.2. The van der Waals surface area contributed by atoms with Crippen LogP contribution >= 0.6 is 11.8 Å². The molecule has 1 aromatic carbocycles. The average Bonchev–Trinajstić information content (AvgIpc) is 2.78. The molecule has 1 saturated heterocycles. The molecule has 176 valence electrons. The van der Waals surface area contributed by atoms with Crippen LogP contribution < -0.4 is 14.9 Å². The number of benzene rings is 1. The highest BCUT2D eigenvalue weighted by Gasteiger charge is 2.23. The van der Waals surface area contributed by atoms with E-state index in [1.807, 2.05) is 43.3 Å². The Labute approximate surface area is 199 Å². The maximum Gasteiger partial charge on any atom is 0.273 e. The number of anilines is 2. The van der Waals surface area contributed by atoms with E-state index in [1.165, 1.54) is 18.0 Å². The molecule has 1 amide bonds. The molecule has 0 aliphatic carbocycles. The third-order valence-electron chi connectivity index (χ3n) is 5.07. The van der Waals surface area contributed by atoms with Gasteiger partial charge in [0.2, 0.25) is 10.0 Å². The predicted octanol–water partition coefficient (Wildman–Crippen LogP) is 3.65. The first kappa shape index (κ1) is 24.9. The summed E-state index contributed by atoms with van der Waals surface area (Å²) in [6.07, 6.45) is 7.71. The van der Waals surface area contributed by atoms with Gasteiger partial charge in [-0.2, -0.15) is 0 Å². The molecule has 0 radical (unpaired) electrons. The van der Waals surface area contributed by atoms with Crippen molar-refractivity contribution in [1.29, 1.82) is 0 Å². The fourth-order valence-corrected chi connectivity index (χ4v) is 5.18. The Hall–Kier alpha value is -2.69. The van der Waals surface area contributed by atoms with Crippen LogP contribution in [0.15, 0.2) is 70.5 Å². The minimum Gasteiger partial charge on any atom is -0.370 e. The number of sulfonamides is 1. The van der Waals surface area contributed by atoms with Crippen LogP contribution in [0.2, 0.25) is 0 Å². The van der Waals surface area contributed by atoms with E-state index in [4.69, 9.17) is 0 Å². The minimum absolute atomic E-state index is 0.0668. The molecule has 10 heteroatoms. The molecule has 2 N–H and O–H groups in total. The second-order valence-electron chi connectivity index (χ2n) is 7.71. The molecule has 1 aliphatic heterocycles. The van der Waals surface area contributed by atoms with Gasteiger partial charge >= 0.3 is 0 Å². The van der Waals surface area contributed by atoms with Crippen molar-refractivity contribution in [3.63, 3.8) is 0 Å². The van der Waals surface area contributed by atoms with Gasteiger partial charge in [0.05, 0.1) is 22.7 Å². The molecule has 1 aromatic heterocycles. The summed E-state index contributed by atoms with van der Waals surface area (Å²) in [6, 6.07) is 11.3. The van der Waals surface area contributed by atoms with Gasteiger partial charge in [-0.1, -0.05) is 30.0 Å². The number of allylic oxidation sites excluding steroid dienone is 1. The van der Waals surface area contributed by atoms with Crippen molar-refractivity contribution in [3.8, 4) is 0 Å². The number of pyridine rings is 1. The highest BCUT2D eigenvalue weighted by Crippen LogP contribution is 2.29. The van der Waals surface area contributed by atoms with Crippen LogP contribution in [0.5, 0.6) is 0 Å². The molecule has 0 bridgehead atoms. The maximum atomic E-state index is 13.0. The number of rotatable bonds is 7. The molecule has 0 unspecified atom stereocenters. The van der Waals surface area contributed by atoms with Crippen molar-refractivity contribution in [2.45, 2.75) is 37.6 Å². The third kappa shape index (κ3) is 7.69. The van der Waals surface area contributed by atoms with Gasteiger partial charge in [0.1, 0.15) is 5.70 Å². The number of amides is 1. The van der Waals surface area contributed by atoms with E-state index in [-0.39, 0.29) is 11.9 Å². The minimum atomic E-state index is -3.22. The molecule has 0 spiro atoms. The molecule has 3 rings (SSSR count). The van der Waals surface area contributed by atoms with Gasteiger partial charge < -0.3 is 10.2 Å². The van der Waals surface area contributed by atoms with Crippen molar-refractivity contribution in [3.05, 3.63) is 60.6 Å². The number of nitrogens with one attached hydrogen (secondary N) is 2. The van der Waals surface area contributed by atoms with Crippen molar-refractivity contribution < 1.29 is 13.2 Å². The predicted molar refractivity (Wildman–Crippen MR) is 135 cm³/mol. The Morgan fingerprint density at radius 2 is 1.85 bits per heavy atom. The number of aliphatic imine (C=N–C) groups is 1. The Bertz CT molecular complexity index is 1130. The molecule has 2 heterocycles. The van der Waals surface area contributed by atoms with Crippen molar-refractivity contribution in [1.82, 2.24) is 9.71 Å². The summed E-state index contributed by atoms with van der Waals surface area (Å²) in [5.41, 5.74) is 1.94. The third-order valence-corrected chi connectivity index (χ3v) is 6.72. The molecule has 1 fully saturated rings. The second kappa shape index (κ2) is 11.4. The number of hydrogen-bond donors (Lipinski definition) is 2. The van der Waals surface area contributed by atoms with Crippen LogP contribution in [0.4, 0.5) is 11.4 Å². The molecular formula is C23H29N5O3S2.